The molecule has 0 N–H and O–H groups in total. The molecule has 1 unspecified atom stereocenters. The van der Waals surface area contributed by atoms with E-state index in [4.69, 9.17) is 0 Å². The molecular weight excluding hydrogens is 436 g/mol. The predicted octanol–water partition coefficient (Wildman–Crippen LogP) is 11.6. The first-order valence-corrected chi connectivity index (χ1v) is 16.9. The molecule has 0 aromatic rings. The van der Waals surface area contributed by atoms with Gasteiger partial charge < -0.3 is 9.80 Å². The first-order valence-electron chi connectivity index (χ1n) is 16.9. The van der Waals surface area contributed by atoms with Crippen molar-refractivity contribution in [3.63, 3.8) is 0 Å². The van der Waals surface area contributed by atoms with Gasteiger partial charge in [-0.05, 0) is 33.1 Å². The Morgan fingerprint density at radius 3 is 1.22 bits per heavy atom. The molecule has 1 atom stereocenters. The Kier molecular flexibility index (Phi) is 22.9. The van der Waals surface area contributed by atoms with E-state index in [1.54, 1.807) is 0 Å². The molecule has 1 rings (SSSR count). The van der Waals surface area contributed by atoms with Gasteiger partial charge in [-0.25, -0.2) is 0 Å². The van der Waals surface area contributed by atoms with Gasteiger partial charge in [0.05, 0.1) is 0 Å². The molecule has 0 bridgehead atoms. The molecule has 36 heavy (non-hydrogen) atoms. The summed E-state index contributed by atoms with van der Waals surface area (Å²) in [5.74, 6) is 0. The third kappa shape index (κ3) is 17.7. The van der Waals surface area contributed by atoms with Crippen LogP contribution in [0.1, 0.15) is 188 Å². The number of hydrogen-bond donors (Lipinski definition) is 0. The lowest BCUT2D eigenvalue weighted by Crippen LogP contribution is -2.42. The Hall–Kier alpha value is -0.660. The van der Waals surface area contributed by atoms with Crippen molar-refractivity contribution in [3.05, 3.63) is 12.4 Å². The van der Waals surface area contributed by atoms with Gasteiger partial charge in [-0.3, -0.25) is 0 Å². The molecule has 0 radical (unpaired) electrons. The normalized spacial score (nSPS) is 15.6. The molecule has 2 heteroatoms. The fourth-order valence-corrected chi connectivity index (χ4v) is 5.89. The summed E-state index contributed by atoms with van der Waals surface area (Å²) in [6, 6.07) is 0.608. The molecule has 1 aliphatic heterocycles. The monoisotopic (exact) mass is 505 g/mol. The Morgan fingerprint density at radius 1 is 0.472 bits per heavy atom. The third-order valence-corrected chi connectivity index (χ3v) is 8.34. The Balaban J connectivity index is 1.97. The second-order valence-corrected chi connectivity index (χ2v) is 12.1. The van der Waals surface area contributed by atoms with Crippen molar-refractivity contribution in [2.45, 2.75) is 200 Å². The van der Waals surface area contributed by atoms with Crippen LogP contribution in [0.3, 0.4) is 0 Å². The van der Waals surface area contributed by atoms with Crippen molar-refractivity contribution in [2.75, 3.05) is 6.54 Å². The van der Waals surface area contributed by atoms with E-state index < -0.39 is 0 Å². The van der Waals surface area contributed by atoms with Crippen LogP contribution < -0.4 is 0 Å². The van der Waals surface area contributed by atoms with Crippen LogP contribution in [0.15, 0.2) is 12.4 Å². The molecule has 0 saturated carbocycles. The molecule has 0 aliphatic carbocycles. The van der Waals surface area contributed by atoms with Crippen molar-refractivity contribution in [1.82, 2.24) is 9.80 Å². The van der Waals surface area contributed by atoms with Gasteiger partial charge in [0.15, 0.2) is 0 Å². The van der Waals surface area contributed by atoms with E-state index in [1.807, 2.05) is 0 Å². The van der Waals surface area contributed by atoms with Gasteiger partial charge in [-0.1, -0.05) is 155 Å². The van der Waals surface area contributed by atoms with Crippen LogP contribution in [0.4, 0.5) is 0 Å². The van der Waals surface area contributed by atoms with Gasteiger partial charge in [0.2, 0.25) is 0 Å². The van der Waals surface area contributed by atoms with Crippen molar-refractivity contribution in [3.8, 4) is 0 Å². The Bertz CT molecular complexity index is 472. The van der Waals surface area contributed by atoms with Crippen LogP contribution in [-0.2, 0) is 0 Å². The van der Waals surface area contributed by atoms with Crippen LogP contribution in [0.2, 0.25) is 0 Å². The molecule has 1 aliphatic rings. The smallest absolute Gasteiger partial charge is 0.101 e. The van der Waals surface area contributed by atoms with Crippen LogP contribution in [0, 0.1) is 0 Å². The van der Waals surface area contributed by atoms with E-state index in [0.717, 1.165) is 0 Å². The van der Waals surface area contributed by atoms with Crippen molar-refractivity contribution in [1.29, 1.82) is 0 Å². The van der Waals surface area contributed by atoms with Crippen LogP contribution in [0.5, 0.6) is 0 Å². The fourth-order valence-electron chi connectivity index (χ4n) is 5.89. The van der Waals surface area contributed by atoms with E-state index in [1.165, 1.54) is 167 Å². The third-order valence-electron chi connectivity index (χ3n) is 8.34. The van der Waals surface area contributed by atoms with Crippen molar-refractivity contribution in [2.24, 2.45) is 0 Å². The largest absolute Gasteiger partial charge is 0.356 e. The maximum atomic E-state index is 2.66. The van der Waals surface area contributed by atoms with Crippen molar-refractivity contribution < 1.29 is 0 Å². The maximum absolute atomic E-state index is 2.66. The van der Waals surface area contributed by atoms with Gasteiger partial charge in [0, 0.05) is 25.0 Å². The molecule has 2 nitrogen and oxygen atoms in total. The minimum Gasteiger partial charge on any atom is -0.356 e. The second kappa shape index (κ2) is 24.7. The molecular formula is C34H68N2. The lowest BCUT2D eigenvalue weighted by Gasteiger charge is -2.35. The second-order valence-electron chi connectivity index (χ2n) is 12.1. The topological polar surface area (TPSA) is 6.48 Å². The van der Waals surface area contributed by atoms with Gasteiger partial charge in [0.25, 0.3) is 0 Å². The molecule has 0 spiro atoms. The minimum atomic E-state index is 0.608. The van der Waals surface area contributed by atoms with Gasteiger partial charge >= 0.3 is 0 Å². The lowest BCUT2D eigenvalue weighted by molar-refractivity contribution is 0.114. The highest BCUT2D eigenvalue weighted by Gasteiger charge is 2.26. The van der Waals surface area contributed by atoms with Gasteiger partial charge in [-0.15, -0.1) is 0 Å². The Morgan fingerprint density at radius 2 is 0.833 bits per heavy atom. The summed E-state index contributed by atoms with van der Waals surface area (Å²) in [5, 5.41) is 0. The first-order chi connectivity index (χ1) is 17.7. The first kappa shape index (κ1) is 33.4. The SMILES string of the molecule is CCCCCCCCCCCCCCCCCCCN1C=CN(C(C)C)C1CCCCCCCCC. The number of nitrogens with zero attached hydrogens (tertiary/aromatic N) is 2. The molecule has 0 amide bonds. The molecule has 214 valence electrons. The summed E-state index contributed by atoms with van der Waals surface area (Å²) < 4.78 is 0. The van der Waals surface area contributed by atoms with Gasteiger partial charge in [0.1, 0.15) is 6.17 Å². The summed E-state index contributed by atoms with van der Waals surface area (Å²) >= 11 is 0. The summed E-state index contributed by atoms with van der Waals surface area (Å²) in [4.78, 5) is 5.26. The van der Waals surface area contributed by atoms with Crippen molar-refractivity contribution >= 4 is 0 Å². The Labute approximate surface area is 229 Å². The molecule has 1 heterocycles. The zero-order chi connectivity index (χ0) is 26.1. The molecule has 0 aromatic carbocycles. The molecule has 0 fully saturated rings. The predicted molar refractivity (Wildman–Crippen MR) is 163 cm³/mol. The summed E-state index contributed by atoms with van der Waals surface area (Å²) in [6.45, 7) is 10.6. The van der Waals surface area contributed by atoms with E-state index >= 15 is 0 Å². The van der Waals surface area contributed by atoms with E-state index in [2.05, 4.69) is 49.9 Å². The number of rotatable bonds is 27. The van der Waals surface area contributed by atoms with Crippen LogP contribution in [0.25, 0.3) is 0 Å². The minimum absolute atomic E-state index is 0.608. The zero-order valence-corrected chi connectivity index (χ0v) is 25.6. The summed E-state index contributed by atoms with van der Waals surface area (Å²) in [7, 11) is 0. The lowest BCUT2D eigenvalue weighted by atomic mass is 10.0. The van der Waals surface area contributed by atoms with E-state index in [-0.39, 0.29) is 0 Å². The number of unbranched alkanes of at least 4 members (excludes halogenated alkanes) is 22. The molecule has 0 aromatic heterocycles. The highest BCUT2D eigenvalue weighted by atomic mass is 15.4. The number of hydrogen-bond acceptors (Lipinski definition) is 2. The zero-order valence-electron chi connectivity index (χ0n) is 25.6. The average molecular weight is 505 g/mol. The highest BCUT2D eigenvalue weighted by molar-refractivity contribution is 4.98. The van der Waals surface area contributed by atoms with Gasteiger partial charge in [-0.2, -0.15) is 0 Å². The van der Waals surface area contributed by atoms with E-state index in [0.29, 0.717) is 12.2 Å². The summed E-state index contributed by atoms with van der Waals surface area (Å²) in [6.07, 6.45) is 41.2. The fraction of sp³-hybridized carbons (Fsp3) is 0.941. The molecule has 0 saturated heterocycles. The van der Waals surface area contributed by atoms with E-state index in [9.17, 15) is 0 Å². The standard InChI is InChI=1S/C34H68N2/c1-5-7-9-11-13-14-15-16-17-18-19-20-21-22-24-26-28-30-35-31-32-36(33(3)4)34(35)29-27-25-23-12-10-8-6-2/h31-34H,5-30H2,1-4H3. The van der Waals surface area contributed by atoms with Crippen LogP contribution in [-0.4, -0.2) is 28.6 Å². The highest BCUT2D eigenvalue weighted by Crippen LogP contribution is 2.25. The quantitative estimate of drug-likeness (QED) is 0.103. The van der Waals surface area contributed by atoms with Crippen LogP contribution >= 0.6 is 0 Å². The maximum Gasteiger partial charge on any atom is 0.101 e. The summed E-state index contributed by atoms with van der Waals surface area (Å²) in [5.41, 5.74) is 0. The average Bonchev–Trinajstić information content (AvgIpc) is 3.28.